The van der Waals surface area contributed by atoms with Gasteiger partial charge in [0.15, 0.2) is 0 Å². The van der Waals surface area contributed by atoms with Crippen LogP contribution in [-0.4, -0.2) is 32.4 Å². The Bertz CT molecular complexity index is 919. The van der Waals surface area contributed by atoms with Gasteiger partial charge in [-0.15, -0.1) is 0 Å². The summed E-state index contributed by atoms with van der Waals surface area (Å²) in [6.07, 6.45) is 4.14. The Labute approximate surface area is 148 Å². The Kier molecular flexibility index (Phi) is 4.66. The van der Waals surface area contributed by atoms with Crippen LogP contribution in [0.25, 0.3) is 10.9 Å². The lowest BCUT2D eigenvalue weighted by molar-refractivity contribution is -0.129. The van der Waals surface area contributed by atoms with Crippen molar-refractivity contribution in [2.75, 3.05) is 7.05 Å². The van der Waals surface area contributed by atoms with Crippen LogP contribution in [0.2, 0.25) is 0 Å². The number of likely N-dealkylation sites (N-methyl/N-ethyl adjacent to an activating group) is 1. The summed E-state index contributed by atoms with van der Waals surface area (Å²) in [5.41, 5.74) is 5.73. The summed E-state index contributed by atoms with van der Waals surface area (Å²) in [5.74, 6) is 1.02. The van der Waals surface area contributed by atoms with Crippen molar-refractivity contribution in [1.82, 2.24) is 19.4 Å². The van der Waals surface area contributed by atoms with E-state index >= 15 is 0 Å². The number of carbonyl (C=O) groups excluding carboxylic acids is 1. The molecule has 1 N–H and O–H groups in total. The van der Waals surface area contributed by atoms with Crippen LogP contribution in [0, 0.1) is 20.8 Å². The van der Waals surface area contributed by atoms with Crippen LogP contribution >= 0.6 is 0 Å². The molecule has 2 heterocycles. The maximum atomic E-state index is 12.8. The molecule has 132 valence electrons. The third kappa shape index (κ3) is 3.18. The fourth-order valence-corrected chi connectivity index (χ4v) is 3.40. The lowest BCUT2D eigenvalue weighted by atomic mass is 10.0. The first-order valence-corrected chi connectivity index (χ1v) is 8.73. The highest BCUT2D eigenvalue weighted by atomic mass is 16.2. The van der Waals surface area contributed by atoms with Gasteiger partial charge in [-0.25, -0.2) is 4.98 Å². The zero-order valence-corrected chi connectivity index (χ0v) is 15.7. The molecule has 0 radical (unpaired) electrons. The first kappa shape index (κ1) is 17.3. The van der Waals surface area contributed by atoms with E-state index in [1.807, 2.05) is 20.2 Å². The minimum absolute atomic E-state index is 0.107. The van der Waals surface area contributed by atoms with Crippen LogP contribution in [0.4, 0.5) is 0 Å². The summed E-state index contributed by atoms with van der Waals surface area (Å²) in [7, 11) is 1.85. The number of aryl methyl sites for hydroxylation is 4. The predicted molar refractivity (Wildman–Crippen MR) is 101 cm³/mol. The average Bonchev–Trinajstić information content (AvgIpc) is 3.16. The standard InChI is InChI=1S/C20H26N4O/c1-6-24-10-9-21-17(24)12-23(5)18(25)11-16-15(4)22-20-14(3)8-7-13(2)19(16)20/h7-10,22H,6,11-12H2,1-5H3. The number of rotatable bonds is 5. The van der Waals surface area contributed by atoms with Crippen LogP contribution in [-0.2, 0) is 24.3 Å². The molecular weight excluding hydrogens is 312 g/mol. The lowest BCUT2D eigenvalue weighted by Crippen LogP contribution is -2.29. The molecule has 0 aliphatic heterocycles. The van der Waals surface area contributed by atoms with Crippen molar-refractivity contribution in [2.24, 2.45) is 0 Å². The van der Waals surface area contributed by atoms with Crippen LogP contribution < -0.4 is 0 Å². The molecule has 1 amide bonds. The minimum atomic E-state index is 0.107. The molecule has 3 aromatic rings. The van der Waals surface area contributed by atoms with Crippen molar-refractivity contribution in [3.05, 3.63) is 52.7 Å². The fourth-order valence-electron chi connectivity index (χ4n) is 3.40. The Morgan fingerprint density at radius 2 is 1.96 bits per heavy atom. The SMILES string of the molecule is CCn1ccnc1CN(C)C(=O)Cc1c(C)[nH]c2c(C)ccc(C)c12. The second kappa shape index (κ2) is 6.75. The number of carbonyl (C=O) groups is 1. The van der Waals surface area contributed by atoms with E-state index in [1.165, 1.54) is 16.5 Å². The van der Waals surface area contributed by atoms with E-state index in [0.717, 1.165) is 29.1 Å². The van der Waals surface area contributed by atoms with Gasteiger partial charge in [0.2, 0.25) is 5.91 Å². The Morgan fingerprint density at radius 3 is 2.68 bits per heavy atom. The Hall–Kier alpha value is -2.56. The molecule has 0 fully saturated rings. The van der Waals surface area contributed by atoms with Crippen molar-refractivity contribution in [2.45, 2.75) is 47.2 Å². The van der Waals surface area contributed by atoms with E-state index in [-0.39, 0.29) is 5.91 Å². The summed E-state index contributed by atoms with van der Waals surface area (Å²) in [5, 5.41) is 1.19. The number of nitrogens with one attached hydrogen (secondary N) is 1. The molecule has 25 heavy (non-hydrogen) atoms. The van der Waals surface area contributed by atoms with Crippen molar-refractivity contribution in [1.29, 1.82) is 0 Å². The zero-order valence-electron chi connectivity index (χ0n) is 15.7. The number of nitrogens with zero attached hydrogens (tertiary/aromatic N) is 3. The van der Waals surface area contributed by atoms with Crippen molar-refractivity contribution >= 4 is 16.8 Å². The molecule has 0 aliphatic rings. The molecule has 0 bridgehead atoms. The highest BCUT2D eigenvalue weighted by Crippen LogP contribution is 2.28. The predicted octanol–water partition coefficient (Wildman–Crippen LogP) is 3.51. The fraction of sp³-hybridized carbons (Fsp3) is 0.400. The summed E-state index contributed by atoms with van der Waals surface area (Å²) < 4.78 is 2.06. The summed E-state index contributed by atoms with van der Waals surface area (Å²) in [6.45, 7) is 9.71. The number of imidazole rings is 1. The van der Waals surface area contributed by atoms with Crippen LogP contribution in [0.1, 0.15) is 35.1 Å². The van der Waals surface area contributed by atoms with Gasteiger partial charge in [-0.3, -0.25) is 4.79 Å². The summed E-state index contributed by atoms with van der Waals surface area (Å²) in [6, 6.07) is 4.25. The molecule has 5 nitrogen and oxygen atoms in total. The highest BCUT2D eigenvalue weighted by molar-refractivity contribution is 5.93. The maximum absolute atomic E-state index is 12.8. The topological polar surface area (TPSA) is 53.9 Å². The number of hydrogen-bond acceptors (Lipinski definition) is 2. The number of H-pyrrole nitrogens is 1. The van der Waals surface area contributed by atoms with Gasteiger partial charge in [0.1, 0.15) is 5.82 Å². The average molecular weight is 338 g/mol. The quantitative estimate of drug-likeness (QED) is 0.774. The zero-order chi connectivity index (χ0) is 18.1. The van der Waals surface area contributed by atoms with Crippen molar-refractivity contribution in [3.63, 3.8) is 0 Å². The normalized spacial score (nSPS) is 11.2. The largest absolute Gasteiger partial charge is 0.358 e. The number of aromatic amines is 1. The second-order valence-electron chi connectivity index (χ2n) is 6.73. The Morgan fingerprint density at radius 1 is 1.24 bits per heavy atom. The maximum Gasteiger partial charge on any atom is 0.227 e. The molecule has 0 unspecified atom stereocenters. The molecular formula is C20H26N4O. The van der Waals surface area contributed by atoms with Gasteiger partial charge >= 0.3 is 0 Å². The van der Waals surface area contributed by atoms with Crippen LogP contribution in [0.5, 0.6) is 0 Å². The van der Waals surface area contributed by atoms with E-state index in [4.69, 9.17) is 0 Å². The summed E-state index contributed by atoms with van der Waals surface area (Å²) >= 11 is 0. The van der Waals surface area contributed by atoms with Gasteiger partial charge in [0.05, 0.1) is 13.0 Å². The minimum Gasteiger partial charge on any atom is -0.358 e. The smallest absolute Gasteiger partial charge is 0.227 e. The molecule has 0 saturated heterocycles. The van der Waals surface area contributed by atoms with E-state index in [1.54, 1.807) is 11.1 Å². The molecule has 5 heteroatoms. The summed E-state index contributed by atoms with van der Waals surface area (Å²) in [4.78, 5) is 22.4. The van der Waals surface area contributed by atoms with Gasteiger partial charge in [-0.1, -0.05) is 12.1 Å². The lowest BCUT2D eigenvalue weighted by Gasteiger charge is -2.18. The molecule has 0 atom stereocenters. The molecule has 0 aliphatic carbocycles. The second-order valence-corrected chi connectivity index (χ2v) is 6.73. The first-order chi connectivity index (χ1) is 11.9. The van der Waals surface area contributed by atoms with E-state index in [9.17, 15) is 4.79 Å². The molecule has 0 saturated carbocycles. The number of aromatic nitrogens is 3. The highest BCUT2D eigenvalue weighted by Gasteiger charge is 2.18. The van der Waals surface area contributed by atoms with E-state index in [0.29, 0.717) is 13.0 Å². The molecule has 3 rings (SSSR count). The van der Waals surface area contributed by atoms with Crippen molar-refractivity contribution < 1.29 is 4.79 Å². The van der Waals surface area contributed by atoms with Gasteiger partial charge < -0.3 is 14.5 Å². The third-order valence-electron chi connectivity index (χ3n) is 4.96. The van der Waals surface area contributed by atoms with Crippen LogP contribution in [0.15, 0.2) is 24.5 Å². The number of hydrogen-bond donors (Lipinski definition) is 1. The van der Waals surface area contributed by atoms with Gasteiger partial charge in [-0.05, 0) is 44.4 Å². The Balaban J connectivity index is 1.85. The number of amides is 1. The molecule has 0 spiro atoms. The number of fused-ring (bicyclic) bond motifs is 1. The van der Waals surface area contributed by atoms with Crippen LogP contribution in [0.3, 0.4) is 0 Å². The monoisotopic (exact) mass is 338 g/mol. The first-order valence-electron chi connectivity index (χ1n) is 8.73. The molecule has 1 aromatic carbocycles. The van der Waals surface area contributed by atoms with Gasteiger partial charge in [0.25, 0.3) is 0 Å². The third-order valence-corrected chi connectivity index (χ3v) is 4.96. The van der Waals surface area contributed by atoms with E-state index in [2.05, 4.69) is 47.4 Å². The van der Waals surface area contributed by atoms with Gasteiger partial charge in [0, 0.05) is 42.6 Å². The molecule has 2 aromatic heterocycles. The van der Waals surface area contributed by atoms with E-state index < -0.39 is 0 Å². The number of benzene rings is 1. The van der Waals surface area contributed by atoms with Crippen molar-refractivity contribution in [3.8, 4) is 0 Å². The van der Waals surface area contributed by atoms with Gasteiger partial charge in [-0.2, -0.15) is 0 Å².